The SMILES string of the molecule is CC(C)(C)c1ccc(Cc2ccc3ccccc3c2N)cc1. The van der Waals surface area contributed by atoms with Crippen molar-refractivity contribution in [3.8, 4) is 0 Å². The average molecular weight is 289 g/mol. The summed E-state index contributed by atoms with van der Waals surface area (Å²) < 4.78 is 0. The van der Waals surface area contributed by atoms with Crippen LogP contribution in [0.15, 0.2) is 60.7 Å². The van der Waals surface area contributed by atoms with Gasteiger partial charge in [-0.2, -0.15) is 0 Å². The van der Waals surface area contributed by atoms with E-state index in [9.17, 15) is 0 Å². The molecule has 0 radical (unpaired) electrons. The van der Waals surface area contributed by atoms with Gasteiger partial charge in [0.25, 0.3) is 0 Å². The van der Waals surface area contributed by atoms with Gasteiger partial charge < -0.3 is 5.73 Å². The highest BCUT2D eigenvalue weighted by atomic mass is 14.6. The highest BCUT2D eigenvalue weighted by Crippen LogP contribution is 2.27. The van der Waals surface area contributed by atoms with Crippen LogP contribution in [0.4, 0.5) is 5.69 Å². The molecule has 0 bridgehead atoms. The van der Waals surface area contributed by atoms with Gasteiger partial charge in [-0.15, -0.1) is 0 Å². The second-order valence-corrected chi connectivity index (χ2v) is 6.98. The van der Waals surface area contributed by atoms with Crippen LogP contribution >= 0.6 is 0 Å². The lowest BCUT2D eigenvalue weighted by Gasteiger charge is -2.19. The minimum Gasteiger partial charge on any atom is -0.398 e. The van der Waals surface area contributed by atoms with Gasteiger partial charge >= 0.3 is 0 Å². The lowest BCUT2D eigenvalue weighted by molar-refractivity contribution is 0.590. The molecule has 2 N–H and O–H groups in total. The smallest absolute Gasteiger partial charge is 0.0429 e. The van der Waals surface area contributed by atoms with Crippen molar-refractivity contribution >= 4 is 16.5 Å². The molecule has 0 atom stereocenters. The van der Waals surface area contributed by atoms with Crippen molar-refractivity contribution < 1.29 is 0 Å². The third-order valence-electron chi connectivity index (χ3n) is 4.28. The van der Waals surface area contributed by atoms with E-state index < -0.39 is 0 Å². The quantitative estimate of drug-likeness (QED) is 0.636. The fourth-order valence-electron chi connectivity index (χ4n) is 2.84. The van der Waals surface area contributed by atoms with E-state index in [2.05, 4.69) is 69.3 Å². The van der Waals surface area contributed by atoms with E-state index in [0.29, 0.717) is 0 Å². The summed E-state index contributed by atoms with van der Waals surface area (Å²) in [6, 6.07) is 21.5. The van der Waals surface area contributed by atoms with Crippen LogP contribution in [-0.4, -0.2) is 0 Å². The number of nitrogens with two attached hydrogens (primary N) is 1. The molecule has 0 saturated heterocycles. The number of hydrogen-bond donors (Lipinski definition) is 1. The van der Waals surface area contributed by atoms with Crippen molar-refractivity contribution in [3.63, 3.8) is 0 Å². The molecule has 3 aromatic rings. The Morgan fingerprint density at radius 3 is 2.18 bits per heavy atom. The van der Waals surface area contributed by atoms with Gasteiger partial charge in [0.2, 0.25) is 0 Å². The molecule has 3 aromatic carbocycles. The first kappa shape index (κ1) is 14.6. The normalized spacial score (nSPS) is 11.8. The summed E-state index contributed by atoms with van der Waals surface area (Å²) in [4.78, 5) is 0. The first-order valence-electron chi connectivity index (χ1n) is 7.81. The van der Waals surface area contributed by atoms with Crippen LogP contribution in [0.5, 0.6) is 0 Å². The molecular formula is C21H23N. The maximum atomic E-state index is 6.37. The molecule has 0 amide bonds. The lowest BCUT2D eigenvalue weighted by Crippen LogP contribution is -2.10. The van der Waals surface area contributed by atoms with Crippen LogP contribution in [0.3, 0.4) is 0 Å². The minimum absolute atomic E-state index is 0.195. The molecule has 0 saturated carbocycles. The molecule has 1 nitrogen and oxygen atoms in total. The highest BCUT2D eigenvalue weighted by molar-refractivity contribution is 5.94. The predicted octanol–water partition coefficient (Wildman–Crippen LogP) is 5.31. The second-order valence-electron chi connectivity index (χ2n) is 6.98. The molecule has 0 aliphatic rings. The van der Waals surface area contributed by atoms with Gasteiger partial charge in [-0.05, 0) is 33.9 Å². The fraction of sp³-hybridized carbons (Fsp3) is 0.238. The topological polar surface area (TPSA) is 26.0 Å². The number of rotatable bonds is 2. The van der Waals surface area contributed by atoms with Crippen molar-refractivity contribution in [1.29, 1.82) is 0 Å². The first-order valence-corrected chi connectivity index (χ1v) is 7.81. The molecule has 0 aromatic heterocycles. The van der Waals surface area contributed by atoms with E-state index in [1.54, 1.807) is 0 Å². The van der Waals surface area contributed by atoms with E-state index in [0.717, 1.165) is 17.5 Å². The standard InChI is InChI=1S/C21H23N/c1-21(2,3)18-12-8-15(9-13-18)14-17-11-10-16-6-4-5-7-19(16)20(17)22/h4-13H,14,22H2,1-3H3. The molecule has 1 heteroatoms. The number of fused-ring (bicyclic) bond motifs is 1. The Hall–Kier alpha value is -2.28. The van der Waals surface area contributed by atoms with Gasteiger partial charge in [-0.3, -0.25) is 0 Å². The Labute approximate surface area is 132 Å². The average Bonchev–Trinajstić information content (AvgIpc) is 2.50. The maximum Gasteiger partial charge on any atom is 0.0429 e. The molecule has 0 spiro atoms. The van der Waals surface area contributed by atoms with Gasteiger partial charge in [-0.25, -0.2) is 0 Å². The van der Waals surface area contributed by atoms with Crippen LogP contribution < -0.4 is 5.73 Å². The summed E-state index contributed by atoms with van der Waals surface area (Å²) in [6.45, 7) is 6.72. The Balaban J connectivity index is 1.92. The number of benzene rings is 3. The number of nitrogen functional groups attached to an aromatic ring is 1. The van der Waals surface area contributed by atoms with E-state index in [1.807, 2.05) is 12.1 Å². The summed E-state index contributed by atoms with van der Waals surface area (Å²) in [7, 11) is 0. The summed E-state index contributed by atoms with van der Waals surface area (Å²) >= 11 is 0. The number of hydrogen-bond acceptors (Lipinski definition) is 1. The monoisotopic (exact) mass is 289 g/mol. The Bertz CT molecular complexity index is 792. The zero-order valence-electron chi connectivity index (χ0n) is 13.6. The third kappa shape index (κ3) is 2.85. The van der Waals surface area contributed by atoms with Crippen LogP contribution in [0.2, 0.25) is 0 Å². The van der Waals surface area contributed by atoms with Crippen LogP contribution in [0.25, 0.3) is 10.8 Å². The summed E-state index contributed by atoms with van der Waals surface area (Å²) in [5, 5.41) is 2.35. The van der Waals surface area contributed by atoms with E-state index >= 15 is 0 Å². The van der Waals surface area contributed by atoms with Gasteiger partial charge in [-0.1, -0.05) is 81.4 Å². The van der Waals surface area contributed by atoms with Crippen molar-refractivity contribution in [3.05, 3.63) is 77.4 Å². The Kier molecular flexibility index (Phi) is 3.66. The Morgan fingerprint density at radius 2 is 1.50 bits per heavy atom. The molecule has 0 aliphatic heterocycles. The lowest BCUT2D eigenvalue weighted by atomic mass is 9.86. The van der Waals surface area contributed by atoms with Crippen LogP contribution in [0, 0.1) is 0 Å². The molecule has 3 rings (SSSR count). The van der Waals surface area contributed by atoms with E-state index in [4.69, 9.17) is 5.73 Å². The third-order valence-corrected chi connectivity index (χ3v) is 4.28. The molecule has 22 heavy (non-hydrogen) atoms. The summed E-state index contributed by atoms with van der Waals surface area (Å²) in [5.41, 5.74) is 11.3. The summed E-state index contributed by atoms with van der Waals surface area (Å²) in [6.07, 6.45) is 0.876. The van der Waals surface area contributed by atoms with Crippen LogP contribution in [-0.2, 0) is 11.8 Å². The molecule has 112 valence electrons. The van der Waals surface area contributed by atoms with Gasteiger partial charge in [0, 0.05) is 11.1 Å². The van der Waals surface area contributed by atoms with Gasteiger partial charge in [0.15, 0.2) is 0 Å². The van der Waals surface area contributed by atoms with E-state index in [-0.39, 0.29) is 5.41 Å². The first-order chi connectivity index (χ1) is 10.4. The second kappa shape index (κ2) is 5.49. The zero-order chi connectivity index (χ0) is 15.7. The van der Waals surface area contributed by atoms with Gasteiger partial charge in [0.05, 0.1) is 0 Å². The highest BCUT2D eigenvalue weighted by Gasteiger charge is 2.13. The van der Waals surface area contributed by atoms with Crippen molar-refractivity contribution in [2.45, 2.75) is 32.6 Å². The number of anilines is 1. The van der Waals surface area contributed by atoms with Crippen molar-refractivity contribution in [2.24, 2.45) is 0 Å². The van der Waals surface area contributed by atoms with Gasteiger partial charge in [0.1, 0.15) is 0 Å². The molecule has 0 aliphatic carbocycles. The predicted molar refractivity (Wildman–Crippen MR) is 96.3 cm³/mol. The molecule has 0 heterocycles. The zero-order valence-corrected chi connectivity index (χ0v) is 13.6. The van der Waals surface area contributed by atoms with Crippen LogP contribution in [0.1, 0.15) is 37.5 Å². The largest absolute Gasteiger partial charge is 0.398 e. The molecular weight excluding hydrogens is 266 g/mol. The van der Waals surface area contributed by atoms with Crippen molar-refractivity contribution in [2.75, 3.05) is 5.73 Å². The minimum atomic E-state index is 0.195. The molecule has 0 fully saturated rings. The fourth-order valence-corrected chi connectivity index (χ4v) is 2.84. The molecule has 0 unspecified atom stereocenters. The van der Waals surface area contributed by atoms with E-state index in [1.165, 1.54) is 22.1 Å². The Morgan fingerprint density at radius 1 is 0.818 bits per heavy atom. The maximum absolute atomic E-state index is 6.37. The summed E-state index contributed by atoms with van der Waals surface area (Å²) in [5.74, 6) is 0. The van der Waals surface area contributed by atoms with Crippen molar-refractivity contribution in [1.82, 2.24) is 0 Å².